The maximum atomic E-state index is 13.5. The van der Waals surface area contributed by atoms with E-state index in [0.29, 0.717) is 0 Å². The fraction of sp³-hybridized carbons (Fsp3) is 0.211. The Hall–Kier alpha value is -2.89. The van der Waals surface area contributed by atoms with Gasteiger partial charge in [-0.05, 0) is 43.3 Å². The van der Waals surface area contributed by atoms with Crippen LogP contribution < -0.4 is 14.8 Å². The number of rotatable bonds is 8. The normalized spacial score (nSPS) is 12.0. The molecular formula is C19H19FN2O4S. The van der Waals surface area contributed by atoms with E-state index in [1.807, 2.05) is 0 Å². The molecule has 0 fully saturated rings. The van der Waals surface area contributed by atoms with Gasteiger partial charge < -0.3 is 10.1 Å². The van der Waals surface area contributed by atoms with E-state index in [0.717, 1.165) is 0 Å². The second-order valence-electron chi connectivity index (χ2n) is 5.67. The minimum Gasteiger partial charge on any atom is -0.488 e. The van der Waals surface area contributed by atoms with Gasteiger partial charge in [-0.2, -0.15) is 4.72 Å². The number of para-hydroxylation sites is 1. The largest absolute Gasteiger partial charge is 0.488 e. The molecule has 0 saturated carbocycles. The molecular weight excluding hydrogens is 371 g/mol. The van der Waals surface area contributed by atoms with Gasteiger partial charge in [0, 0.05) is 5.56 Å². The van der Waals surface area contributed by atoms with Crippen LogP contribution in [0.5, 0.6) is 5.75 Å². The van der Waals surface area contributed by atoms with Crippen molar-refractivity contribution < 1.29 is 22.3 Å². The average molecular weight is 390 g/mol. The van der Waals surface area contributed by atoms with Gasteiger partial charge in [-0.15, -0.1) is 6.42 Å². The predicted molar refractivity (Wildman–Crippen MR) is 99.3 cm³/mol. The van der Waals surface area contributed by atoms with Crippen LogP contribution in [-0.2, 0) is 10.0 Å². The Kier molecular flexibility index (Phi) is 6.93. The highest BCUT2D eigenvalue weighted by atomic mass is 32.2. The molecule has 8 heteroatoms. The summed E-state index contributed by atoms with van der Waals surface area (Å²) >= 11 is 0. The molecule has 2 aromatic rings. The number of terminal acetylenes is 1. The number of hydrogen-bond acceptors (Lipinski definition) is 4. The first-order valence-corrected chi connectivity index (χ1v) is 9.53. The van der Waals surface area contributed by atoms with Gasteiger partial charge in [0.15, 0.2) is 11.6 Å². The summed E-state index contributed by atoms with van der Waals surface area (Å²) in [5, 5.41) is 2.70. The second-order valence-corrected chi connectivity index (χ2v) is 7.44. The van der Waals surface area contributed by atoms with Crippen molar-refractivity contribution in [3.8, 4) is 18.1 Å². The highest BCUT2D eigenvalue weighted by Gasteiger charge is 2.15. The third-order valence-electron chi connectivity index (χ3n) is 3.49. The molecule has 0 spiro atoms. The fourth-order valence-corrected chi connectivity index (χ4v) is 3.07. The molecule has 0 saturated heterocycles. The van der Waals surface area contributed by atoms with Crippen LogP contribution in [0.1, 0.15) is 17.3 Å². The summed E-state index contributed by atoms with van der Waals surface area (Å²) in [6.07, 6.45) is 5.03. The van der Waals surface area contributed by atoms with E-state index >= 15 is 0 Å². The molecule has 1 amide bonds. The van der Waals surface area contributed by atoms with Crippen LogP contribution in [0, 0.1) is 18.2 Å². The van der Waals surface area contributed by atoms with Crippen LogP contribution in [0.15, 0.2) is 53.4 Å². The Morgan fingerprint density at radius 1 is 1.22 bits per heavy atom. The number of halogens is 1. The van der Waals surface area contributed by atoms with E-state index in [1.165, 1.54) is 36.4 Å². The van der Waals surface area contributed by atoms with E-state index in [9.17, 15) is 17.6 Å². The van der Waals surface area contributed by atoms with Crippen LogP contribution in [0.25, 0.3) is 0 Å². The van der Waals surface area contributed by atoms with E-state index in [2.05, 4.69) is 16.0 Å². The van der Waals surface area contributed by atoms with Gasteiger partial charge >= 0.3 is 0 Å². The van der Waals surface area contributed by atoms with Crippen molar-refractivity contribution in [1.29, 1.82) is 0 Å². The molecule has 6 nitrogen and oxygen atoms in total. The number of nitrogens with one attached hydrogen (secondary N) is 2. The second kappa shape index (κ2) is 9.16. The topological polar surface area (TPSA) is 84.5 Å². The molecule has 0 bridgehead atoms. The van der Waals surface area contributed by atoms with Gasteiger partial charge in [-0.1, -0.05) is 18.1 Å². The third kappa shape index (κ3) is 5.81. The number of carbonyl (C=O) groups is 1. The monoisotopic (exact) mass is 390 g/mol. The minimum atomic E-state index is -3.71. The van der Waals surface area contributed by atoms with Gasteiger partial charge in [-0.3, -0.25) is 4.79 Å². The lowest BCUT2D eigenvalue weighted by atomic mass is 10.2. The quantitative estimate of drug-likeness (QED) is 0.675. The Bertz CT molecular complexity index is 937. The molecule has 27 heavy (non-hydrogen) atoms. The zero-order valence-corrected chi connectivity index (χ0v) is 15.4. The van der Waals surface area contributed by atoms with Crippen molar-refractivity contribution in [1.82, 2.24) is 10.0 Å². The van der Waals surface area contributed by atoms with Crippen LogP contribution in [0.4, 0.5) is 4.39 Å². The highest BCUT2D eigenvalue weighted by molar-refractivity contribution is 7.89. The summed E-state index contributed by atoms with van der Waals surface area (Å²) in [6, 6.07) is 11.0. The zero-order valence-electron chi connectivity index (χ0n) is 14.6. The molecule has 0 radical (unpaired) electrons. The van der Waals surface area contributed by atoms with Crippen molar-refractivity contribution in [3.05, 3.63) is 59.9 Å². The van der Waals surface area contributed by atoms with Crippen molar-refractivity contribution in [2.75, 3.05) is 13.2 Å². The Morgan fingerprint density at radius 2 is 1.89 bits per heavy atom. The predicted octanol–water partition coefficient (Wildman–Crippen LogP) is 1.93. The van der Waals surface area contributed by atoms with Gasteiger partial charge in [0.2, 0.25) is 10.0 Å². The first-order valence-electron chi connectivity index (χ1n) is 8.05. The molecule has 2 rings (SSSR count). The van der Waals surface area contributed by atoms with Crippen LogP contribution in [0.3, 0.4) is 0 Å². The molecule has 0 aliphatic rings. The third-order valence-corrected chi connectivity index (χ3v) is 4.91. The number of hydrogen-bond donors (Lipinski definition) is 2. The number of carbonyl (C=O) groups excluding carboxylic acids is 1. The molecule has 0 aromatic heterocycles. The maximum Gasteiger partial charge on any atom is 0.251 e. The van der Waals surface area contributed by atoms with E-state index in [-0.39, 0.29) is 29.4 Å². The molecule has 2 N–H and O–H groups in total. The molecule has 142 valence electrons. The Labute approximate surface area is 157 Å². The SMILES string of the molecule is C#CCNS(=O)(=O)c1ccc(C(=O)NC(C)COc2ccccc2F)cc1. The molecule has 2 aromatic carbocycles. The number of sulfonamides is 1. The van der Waals surface area contributed by atoms with Gasteiger partial charge in [0.05, 0.1) is 17.5 Å². The average Bonchev–Trinajstić information content (AvgIpc) is 2.66. The Morgan fingerprint density at radius 3 is 2.52 bits per heavy atom. The van der Waals surface area contributed by atoms with Crippen LogP contribution >= 0.6 is 0 Å². The van der Waals surface area contributed by atoms with Crippen molar-refractivity contribution >= 4 is 15.9 Å². The van der Waals surface area contributed by atoms with Gasteiger partial charge in [0.1, 0.15) is 6.61 Å². The van der Waals surface area contributed by atoms with Crippen LogP contribution in [0.2, 0.25) is 0 Å². The molecule has 1 unspecified atom stereocenters. The number of benzene rings is 2. The number of amides is 1. The first-order chi connectivity index (χ1) is 12.8. The van der Waals surface area contributed by atoms with Crippen molar-refractivity contribution in [3.63, 3.8) is 0 Å². The molecule has 0 heterocycles. The lowest BCUT2D eigenvalue weighted by molar-refractivity contribution is 0.0926. The molecule has 1 atom stereocenters. The molecule has 0 aliphatic heterocycles. The summed E-state index contributed by atoms with van der Waals surface area (Å²) in [6.45, 7) is 1.67. The highest BCUT2D eigenvalue weighted by Crippen LogP contribution is 2.15. The zero-order chi connectivity index (χ0) is 19.9. The molecule has 0 aliphatic carbocycles. The summed E-state index contributed by atoms with van der Waals surface area (Å²) in [5.41, 5.74) is 0.281. The standard InChI is InChI=1S/C19H19FN2O4S/c1-3-12-21-27(24,25)16-10-8-15(9-11-16)19(23)22-14(2)13-26-18-7-5-4-6-17(18)20/h1,4-11,14,21H,12-13H2,2H3,(H,22,23). The van der Waals surface area contributed by atoms with E-state index in [4.69, 9.17) is 11.2 Å². The van der Waals surface area contributed by atoms with E-state index in [1.54, 1.807) is 19.1 Å². The summed E-state index contributed by atoms with van der Waals surface area (Å²) < 4.78 is 45.0. The number of ether oxygens (including phenoxy) is 1. The maximum absolute atomic E-state index is 13.5. The minimum absolute atomic E-state index is 0.00485. The van der Waals surface area contributed by atoms with Gasteiger partial charge in [-0.25, -0.2) is 12.8 Å². The van der Waals surface area contributed by atoms with Crippen molar-refractivity contribution in [2.45, 2.75) is 17.9 Å². The smallest absolute Gasteiger partial charge is 0.251 e. The van der Waals surface area contributed by atoms with Crippen molar-refractivity contribution in [2.24, 2.45) is 0 Å². The fourth-order valence-electron chi connectivity index (χ4n) is 2.13. The summed E-state index contributed by atoms with van der Waals surface area (Å²) in [7, 11) is -3.71. The summed E-state index contributed by atoms with van der Waals surface area (Å²) in [4.78, 5) is 12.2. The van der Waals surface area contributed by atoms with E-state index < -0.39 is 27.8 Å². The van der Waals surface area contributed by atoms with Gasteiger partial charge in [0.25, 0.3) is 5.91 Å². The Balaban J connectivity index is 1.93. The summed E-state index contributed by atoms with van der Waals surface area (Å²) in [5.74, 6) is 1.40. The lowest BCUT2D eigenvalue weighted by Gasteiger charge is -2.15. The van der Waals surface area contributed by atoms with Crippen LogP contribution in [-0.4, -0.2) is 33.5 Å². The lowest BCUT2D eigenvalue weighted by Crippen LogP contribution is -2.36. The first kappa shape index (κ1) is 20.4.